The molecule has 7 heteroatoms. The fraction of sp³-hybridized carbons (Fsp3) is 0.333. The molecule has 1 aliphatic heterocycles. The molecule has 0 bridgehead atoms. The van der Waals surface area contributed by atoms with E-state index in [1.54, 1.807) is 7.11 Å². The van der Waals surface area contributed by atoms with Crippen LogP contribution in [0.2, 0.25) is 0 Å². The first-order valence-corrected chi connectivity index (χ1v) is 9.07. The number of thiazole rings is 1. The van der Waals surface area contributed by atoms with Crippen molar-refractivity contribution in [3.05, 3.63) is 46.6 Å². The van der Waals surface area contributed by atoms with E-state index in [4.69, 9.17) is 20.3 Å². The van der Waals surface area contributed by atoms with Gasteiger partial charge < -0.3 is 15.2 Å². The SMILES string of the molecule is CCC1OCc2sc(N)nc2-c2cn(Cc3ccc(OC)cc3)nc21. The summed E-state index contributed by atoms with van der Waals surface area (Å²) in [6.45, 7) is 3.33. The number of fused-ring (bicyclic) bond motifs is 3. The van der Waals surface area contributed by atoms with Gasteiger partial charge in [0.1, 0.15) is 17.5 Å². The molecule has 6 nitrogen and oxygen atoms in total. The molecule has 0 saturated carbocycles. The number of aromatic nitrogens is 3. The summed E-state index contributed by atoms with van der Waals surface area (Å²) in [5.41, 5.74) is 9.95. The molecular weight excluding hydrogens is 336 g/mol. The van der Waals surface area contributed by atoms with Crippen molar-refractivity contribution in [2.75, 3.05) is 12.8 Å². The second-order valence-corrected chi connectivity index (χ2v) is 7.12. The number of methoxy groups -OCH3 is 1. The van der Waals surface area contributed by atoms with Gasteiger partial charge in [-0.25, -0.2) is 4.98 Å². The Morgan fingerprint density at radius 1 is 1.36 bits per heavy atom. The smallest absolute Gasteiger partial charge is 0.180 e. The van der Waals surface area contributed by atoms with Crippen LogP contribution in [0, 0.1) is 0 Å². The summed E-state index contributed by atoms with van der Waals surface area (Å²) < 4.78 is 13.2. The van der Waals surface area contributed by atoms with Crippen LogP contribution in [0.25, 0.3) is 11.3 Å². The Bertz CT molecular complexity index is 885. The molecule has 0 fully saturated rings. The van der Waals surface area contributed by atoms with Gasteiger partial charge in [-0.3, -0.25) is 4.68 Å². The van der Waals surface area contributed by atoms with E-state index in [-0.39, 0.29) is 6.10 Å². The molecule has 0 radical (unpaired) electrons. The van der Waals surface area contributed by atoms with Gasteiger partial charge in [0.2, 0.25) is 0 Å². The third kappa shape index (κ3) is 3.01. The highest BCUT2D eigenvalue weighted by molar-refractivity contribution is 7.15. The van der Waals surface area contributed by atoms with Crippen LogP contribution in [0.3, 0.4) is 0 Å². The Morgan fingerprint density at radius 2 is 2.16 bits per heavy atom. The largest absolute Gasteiger partial charge is 0.497 e. The maximum Gasteiger partial charge on any atom is 0.180 e. The number of nitrogens with two attached hydrogens (primary N) is 1. The molecule has 1 aliphatic rings. The van der Waals surface area contributed by atoms with Crippen LogP contribution in [0.5, 0.6) is 5.75 Å². The minimum Gasteiger partial charge on any atom is -0.497 e. The van der Waals surface area contributed by atoms with Crippen molar-refractivity contribution in [2.24, 2.45) is 0 Å². The van der Waals surface area contributed by atoms with Gasteiger partial charge in [-0.15, -0.1) is 0 Å². The van der Waals surface area contributed by atoms with Crippen molar-refractivity contribution in [2.45, 2.75) is 32.6 Å². The van der Waals surface area contributed by atoms with E-state index < -0.39 is 0 Å². The highest BCUT2D eigenvalue weighted by Crippen LogP contribution is 2.40. The zero-order chi connectivity index (χ0) is 17.4. The number of rotatable bonds is 4. The van der Waals surface area contributed by atoms with E-state index in [1.807, 2.05) is 28.9 Å². The van der Waals surface area contributed by atoms with Gasteiger partial charge in [0.15, 0.2) is 5.13 Å². The van der Waals surface area contributed by atoms with Crippen LogP contribution in [-0.2, 0) is 17.9 Å². The Hall–Kier alpha value is -2.38. The van der Waals surface area contributed by atoms with Gasteiger partial charge in [0.05, 0.1) is 30.8 Å². The summed E-state index contributed by atoms with van der Waals surface area (Å²) in [6.07, 6.45) is 2.90. The Balaban J connectivity index is 1.70. The molecule has 0 spiro atoms. The Kier molecular flexibility index (Phi) is 4.19. The van der Waals surface area contributed by atoms with Crippen molar-refractivity contribution < 1.29 is 9.47 Å². The van der Waals surface area contributed by atoms with Gasteiger partial charge in [-0.05, 0) is 24.1 Å². The fourth-order valence-corrected chi connectivity index (χ4v) is 3.87. The molecule has 1 aromatic carbocycles. The average Bonchev–Trinajstić information content (AvgIpc) is 3.17. The second kappa shape index (κ2) is 6.50. The van der Waals surface area contributed by atoms with E-state index in [1.165, 1.54) is 11.3 Å². The lowest BCUT2D eigenvalue weighted by atomic mass is 10.1. The monoisotopic (exact) mass is 356 g/mol. The highest BCUT2D eigenvalue weighted by Gasteiger charge is 2.28. The van der Waals surface area contributed by atoms with Crippen LogP contribution >= 0.6 is 11.3 Å². The number of hydrogen-bond donors (Lipinski definition) is 1. The lowest BCUT2D eigenvalue weighted by molar-refractivity contribution is 0.0377. The number of benzene rings is 1. The number of ether oxygens (including phenoxy) is 2. The van der Waals surface area contributed by atoms with E-state index in [9.17, 15) is 0 Å². The molecule has 1 unspecified atom stereocenters. The van der Waals surface area contributed by atoms with Crippen molar-refractivity contribution in [3.63, 3.8) is 0 Å². The minimum atomic E-state index is -0.0188. The zero-order valence-electron chi connectivity index (χ0n) is 14.2. The number of anilines is 1. The summed E-state index contributed by atoms with van der Waals surface area (Å²) in [5, 5.41) is 5.36. The summed E-state index contributed by atoms with van der Waals surface area (Å²) in [5.74, 6) is 0.849. The summed E-state index contributed by atoms with van der Waals surface area (Å²) in [7, 11) is 1.67. The van der Waals surface area contributed by atoms with Crippen LogP contribution in [0.4, 0.5) is 5.13 Å². The predicted octanol–water partition coefficient (Wildman–Crippen LogP) is 3.63. The molecule has 0 amide bonds. The molecule has 2 N–H and O–H groups in total. The standard InChI is InChI=1S/C18H20N4O2S/c1-3-14-16-13(17-15(10-24-14)25-18(19)20-17)9-22(21-16)8-11-4-6-12(23-2)7-5-11/h4-7,9,14H,3,8,10H2,1-2H3,(H2,19,20). The lowest BCUT2D eigenvalue weighted by Crippen LogP contribution is -2.06. The van der Waals surface area contributed by atoms with Crippen molar-refractivity contribution in [1.82, 2.24) is 14.8 Å². The van der Waals surface area contributed by atoms with Crippen molar-refractivity contribution in [1.29, 1.82) is 0 Å². The van der Waals surface area contributed by atoms with Gasteiger partial charge in [-0.2, -0.15) is 5.10 Å². The average molecular weight is 356 g/mol. The summed E-state index contributed by atoms with van der Waals surface area (Å²) in [6, 6.07) is 8.01. The number of nitrogen functional groups attached to an aromatic ring is 1. The van der Waals surface area contributed by atoms with Crippen LogP contribution in [-0.4, -0.2) is 21.9 Å². The number of hydrogen-bond acceptors (Lipinski definition) is 6. The molecule has 4 rings (SSSR count). The van der Waals surface area contributed by atoms with Gasteiger partial charge in [0.25, 0.3) is 0 Å². The predicted molar refractivity (Wildman–Crippen MR) is 97.7 cm³/mol. The molecule has 3 aromatic rings. The number of nitrogens with zero attached hydrogens (tertiary/aromatic N) is 3. The van der Waals surface area contributed by atoms with Crippen LogP contribution < -0.4 is 10.5 Å². The molecule has 2 aromatic heterocycles. The normalized spacial score (nSPS) is 16.2. The van der Waals surface area contributed by atoms with Crippen LogP contribution in [0.15, 0.2) is 30.5 Å². The fourth-order valence-electron chi connectivity index (χ4n) is 3.10. The van der Waals surface area contributed by atoms with Gasteiger partial charge >= 0.3 is 0 Å². The van der Waals surface area contributed by atoms with Crippen molar-refractivity contribution in [3.8, 4) is 17.0 Å². The highest BCUT2D eigenvalue weighted by atomic mass is 32.1. The maximum absolute atomic E-state index is 6.03. The summed E-state index contributed by atoms with van der Waals surface area (Å²) >= 11 is 1.49. The Labute approximate surface area is 150 Å². The van der Waals surface area contributed by atoms with Crippen molar-refractivity contribution >= 4 is 16.5 Å². The zero-order valence-corrected chi connectivity index (χ0v) is 15.0. The molecule has 1 atom stereocenters. The van der Waals surface area contributed by atoms with Gasteiger partial charge in [-0.1, -0.05) is 30.4 Å². The molecule has 25 heavy (non-hydrogen) atoms. The van der Waals surface area contributed by atoms with Gasteiger partial charge in [0, 0.05) is 11.8 Å². The van der Waals surface area contributed by atoms with Crippen LogP contribution in [0.1, 0.15) is 35.6 Å². The second-order valence-electron chi connectivity index (χ2n) is 6.01. The quantitative estimate of drug-likeness (QED) is 0.773. The first-order chi connectivity index (χ1) is 12.2. The maximum atomic E-state index is 6.03. The molecule has 0 saturated heterocycles. The summed E-state index contributed by atoms with van der Waals surface area (Å²) in [4.78, 5) is 5.58. The lowest BCUT2D eigenvalue weighted by Gasteiger charge is -2.11. The van der Waals surface area contributed by atoms with E-state index in [0.29, 0.717) is 18.3 Å². The van der Waals surface area contributed by atoms with E-state index in [0.717, 1.165) is 39.6 Å². The third-order valence-electron chi connectivity index (χ3n) is 4.35. The topological polar surface area (TPSA) is 75.2 Å². The molecule has 130 valence electrons. The molecule has 3 heterocycles. The van der Waals surface area contributed by atoms with E-state index >= 15 is 0 Å². The van der Waals surface area contributed by atoms with E-state index in [2.05, 4.69) is 18.1 Å². The molecular formula is C18H20N4O2S. The first kappa shape index (κ1) is 16.1. The minimum absolute atomic E-state index is 0.0188. The third-order valence-corrected chi connectivity index (χ3v) is 5.21. The first-order valence-electron chi connectivity index (χ1n) is 8.25. The Morgan fingerprint density at radius 3 is 2.88 bits per heavy atom. The molecule has 0 aliphatic carbocycles.